The highest BCUT2D eigenvalue weighted by molar-refractivity contribution is 5.30. The van der Waals surface area contributed by atoms with Crippen molar-refractivity contribution in [3.05, 3.63) is 5.82 Å². The summed E-state index contributed by atoms with van der Waals surface area (Å²) >= 11 is 0. The molecule has 0 aromatic carbocycles. The summed E-state index contributed by atoms with van der Waals surface area (Å²) in [6.45, 7) is 2.83. The molecule has 1 saturated heterocycles. The molecule has 1 aliphatic rings. The van der Waals surface area contributed by atoms with Gasteiger partial charge >= 0.3 is 12.1 Å². The maximum atomic E-state index is 13.1. The van der Waals surface area contributed by atoms with Crippen LogP contribution in [0.15, 0.2) is 0 Å². The van der Waals surface area contributed by atoms with E-state index in [9.17, 15) is 22.0 Å². The van der Waals surface area contributed by atoms with Gasteiger partial charge in [0.25, 0.3) is 0 Å². The number of rotatable bonds is 3. The first kappa shape index (κ1) is 15.9. The Balaban J connectivity index is 2.08. The second-order valence-corrected chi connectivity index (χ2v) is 5.24. The van der Waals surface area contributed by atoms with Gasteiger partial charge in [-0.1, -0.05) is 0 Å². The number of hydrogen-bond donors (Lipinski definition) is 2. The molecule has 1 unspecified atom stereocenters. The fourth-order valence-electron chi connectivity index (χ4n) is 2.29. The standard InChI is InChI=1S/C11H16F5N5/c1-6(17)7-2-4-21(5-3-7)9-18-8(19-20-9)10(12,13)11(14,15)16/h6-7H,2-5,17H2,1H3,(H,18,19,20). The Morgan fingerprint density at radius 2 is 1.81 bits per heavy atom. The first-order chi connectivity index (χ1) is 9.63. The van der Waals surface area contributed by atoms with Crippen molar-refractivity contribution >= 4 is 5.95 Å². The maximum Gasteiger partial charge on any atom is 0.461 e. The van der Waals surface area contributed by atoms with Crippen LogP contribution in [0.5, 0.6) is 0 Å². The molecule has 2 rings (SSSR count). The maximum absolute atomic E-state index is 13.1. The SMILES string of the molecule is CC(N)C1CCN(c2n[nH]c(C(F)(F)C(F)(F)F)n2)CC1. The van der Waals surface area contributed by atoms with Crippen molar-refractivity contribution in [3.8, 4) is 0 Å². The third-order valence-electron chi connectivity index (χ3n) is 3.69. The highest BCUT2D eigenvalue weighted by Gasteiger charge is 2.61. The van der Waals surface area contributed by atoms with Crippen LogP contribution in [0.3, 0.4) is 0 Å². The van der Waals surface area contributed by atoms with Crippen LogP contribution in [-0.4, -0.2) is 40.5 Å². The number of halogens is 5. The normalized spacial score (nSPS) is 19.9. The molecule has 0 bridgehead atoms. The van der Waals surface area contributed by atoms with Crippen LogP contribution < -0.4 is 10.6 Å². The monoisotopic (exact) mass is 313 g/mol. The Morgan fingerprint density at radius 3 is 2.29 bits per heavy atom. The van der Waals surface area contributed by atoms with Crippen molar-refractivity contribution in [1.29, 1.82) is 0 Å². The third kappa shape index (κ3) is 3.09. The number of aromatic amines is 1. The molecule has 0 spiro atoms. The number of nitrogens with two attached hydrogens (primary N) is 1. The number of piperidine rings is 1. The van der Waals surface area contributed by atoms with Crippen LogP contribution in [0.4, 0.5) is 27.9 Å². The molecular weight excluding hydrogens is 297 g/mol. The molecule has 0 radical (unpaired) electrons. The lowest BCUT2D eigenvalue weighted by Gasteiger charge is -2.32. The highest BCUT2D eigenvalue weighted by atomic mass is 19.4. The van der Waals surface area contributed by atoms with Gasteiger partial charge < -0.3 is 10.6 Å². The number of alkyl halides is 5. The Kier molecular flexibility index (Phi) is 4.09. The Morgan fingerprint density at radius 1 is 1.24 bits per heavy atom. The van der Waals surface area contributed by atoms with Gasteiger partial charge in [0.2, 0.25) is 11.8 Å². The minimum Gasteiger partial charge on any atom is -0.340 e. The summed E-state index contributed by atoms with van der Waals surface area (Å²) < 4.78 is 63.0. The average molecular weight is 313 g/mol. The molecule has 1 aliphatic heterocycles. The fraction of sp³-hybridized carbons (Fsp3) is 0.818. The van der Waals surface area contributed by atoms with Gasteiger partial charge in [0.1, 0.15) is 0 Å². The molecular formula is C11H16F5N5. The summed E-state index contributed by atoms with van der Waals surface area (Å²) in [5, 5.41) is 5.15. The molecule has 1 atom stereocenters. The zero-order chi connectivity index (χ0) is 15.8. The Hall–Kier alpha value is -1.45. The van der Waals surface area contributed by atoms with Crippen molar-refractivity contribution in [1.82, 2.24) is 15.2 Å². The minimum atomic E-state index is -5.70. The molecule has 0 saturated carbocycles. The number of hydrogen-bond acceptors (Lipinski definition) is 4. The van der Waals surface area contributed by atoms with Gasteiger partial charge in [0.15, 0.2) is 0 Å². The summed E-state index contributed by atoms with van der Waals surface area (Å²) in [5.74, 6) is -6.37. The molecule has 5 nitrogen and oxygen atoms in total. The van der Waals surface area contributed by atoms with Gasteiger partial charge in [0.05, 0.1) is 0 Å². The lowest BCUT2D eigenvalue weighted by molar-refractivity contribution is -0.292. The fourth-order valence-corrected chi connectivity index (χ4v) is 2.29. The molecule has 1 fully saturated rings. The van der Waals surface area contributed by atoms with E-state index in [0.717, 1.165) is 12.8 Å². The second-order valence-electron chi connectivity index (χ2n) is 5.24. The van der Waals surface area contributed by atoms with Gasteiger partial charge in [-0.25, -0.2) is 0 Å². The highest BCUT2D eigenvalue weighted by Crippen LogP contribution is 2.42. The van der Waals surface area contributed by atoms with Crippen LogP contribution in [0.1, 0.15) is 25.6 Å². The van der Waals surface area contributed by atoms with E-state index in [2.05, 4.69) is 10.1 Å². The molecule has 1 aromatic heterocycles. The second kappa shape index (κ2) is 5.39. The number of anilines is 1. The lowest BCUT2D eigenvalue weighted by atomic mass is 9.91. The third-order valence-corrected chi connectivity index (χ3v) is 3.69. The van der Waals surface area contributed by atoms with Crippen molar-refractivity contribution in [2.75, 3.05) is 18.0 Å². The van der Waals surface area contributed by atoms with Crippen molar-refractivity contribution in [2.24, 2.45) is 11.7 Å². The predicted molar refractivity (Wildman–Crippen MR) is 64.9 cm³/mol. The molecule has 21 heavy (non-hydrogen) atoms. The topological polar surface area (TPSA) is 70.8 Å². The van der Waals surface area contributed by atoms with E-state index in [4.69, 9.17) is 5.73 Å². The average Bonchev–Trinajstić information content (AvgIpc) is 2.87. The quantitative estimate of drug-likeness (QED) is 0.838. The zero-order valence-corrected chi connectivity index (χ0v) is 11.3. The summed E-state index contributed by atoms with van der Waals surface area (Å²) in [4.78, 5) is 4.87. The van der Waals surface area contributed by atoms with Crippen LogP contribution in [-0.2, 0) is 5.92 Å². The van der Waals surface area contributed by atoms with Gasteiger partial charge in [-0.3, -0.25) is 5.10 Å². The van der Waals surface area contributed by atoms with Gasteiger partial charge in [-0.2, -0.15) is 26.9 Å². The molecule has 0 aliphatic carbocycles. The number of H-pyrrole nitrogens is 1. The van der Waals surface area contributed by atoms with E-state index in [1.165, 1.54) is 0 Å². The minimum absolute atomic E-state index is 0.0180. The summed E-state index contributed by atoms with van der Waals surface area (Å²) in [5.41, 5.74) is 5.78. The molecule has 120 valence electrons. The first-order valence-corrected chi connectivity index (χ1v) is 6.51. The number of nitrogens with one attached hydrogen (secondary N) is 1. The molecule has 10 heteroatoms. The van der Waals surface area contributed by atoms with Crippen molar-refractivity contribution in [2.45, 2.75) is 37.9 Å². The van der Waals surface area contributed by atoms with Crippen LogP contribution in [0.2, 0.25) is 0 Å². The summed E-state index contributed by atoms with van der Waals surface area (Å²) in [6.07, 6.45) is -4.26. The van der Waals surface area contributed by atoms with E-state index in [1.807, 2.05) is 6.92 Å². The van der Waals surface area contributed by atoms with E-state index in [0.29, 0.717) is 19.0 Å². The zero-order valence-electron chi connectivity index (χ0n) is 11.3. The van der Waals surface area contributed by atoms with Crippen molar-refractivity contribution in [3.63, 3.8) is 0 Å². The summed E-state index contributed by atoms with van der Waals surface area (Å²) in [7, 11) is 0. The largest absolute Gasteiger partial charge is 0.461 e. The molecule has 2 heterocycles. The van der Waals surface area contributed by atoms with E-state index >= 15 is 0 Å². The van der Waals surface area contributed by atoms with E-state index < -0.39 is 17.9 Å². The first-order valence-electron chi connectivity index (χ1n) is 6.51. The van der Waals surface area contributed by atoms with Crippen LogP contribution >= 0.6 is 0 Å². The van der Waals surface area contributed by atoms with Crippen LogP contribution in [0, 0.1) is 5.92 Å². The summed E-state index contributed by atoms with van der Waals surface area (Å²) in [6, 6.07) is 0.0180. The number of nitrogens with zero attached hydrogens (tertiary/aromatic N) is 3. The molecule has 1 aromatic rings. The smallest absolute Gasteiger partial charge is 0.340 e. The van der Waals surface area contributed by atoms with E-state index in [1.54, 1.807) is 10.00 Å². The van der Waals surface area contributed by atoms with Gasteiger partial charge in [-0.15, -0.1) is 5.10 Å². The van der Waals surface area contributed by atoms with E-state index in [-0.39, 0.29) is 12.0 Å². The predicted octanol–water partition coefficient (Wildman–Crippen LogP) is 2.02. The lowest BCUT2D eigenvalue weighted by Crippen LogP contribution is -2.40. The van der Waals surface area contributed by atoms with Gasteiger partial charge in [-0.05, 0) is 25.7 Å². The number of aromatic nitrogens is 3. The Bertz CT molecular complexity index is 476. The molecule has 3 N–H and O–H groups in total. The van der Waals surface area contributed by atoms with Crippen LogP contribution in [0.25, 0.3) is 0 Å². The molecule has 0 amide bonds. The van der Waals surface area contributed by atoms with Crippen molar-refractivity contribution < 1.29 is 22.0 Å². The van der Waals surface area contributed by atoms with Gasteiger partial charge in [0, 0.05) is 19.1 Å². The Labute approximate surface area is 117 Å².